The zero-order valence-electron chi connectivity index (χ0n) is 13.6. The summed E-state index contributed by atoms with van der Waals surface area (Å²) in [5.74, 6) is 0.0335. The van der Waals surface area contributed by atoms with Crippen LogP contribution in [0.5, 0.6) is 0 Å². The summed E-state index contributed by atoms with van der Waals surface area (Å²) in [6.45, 7) is 8.45. The molecular weight excluding hydrogens is 298 g/mol. The monoisotopic (exact) mass is 323 g/mol. The first-order valence-electron chi connectivity index (χ1n) is 7.82. The van der Waals surface area contributed by atoms with Crippen LogP contribution in [-0.4, -0.2) is 36.0 Å². The topological polar surface area (TPSA) is 58.4 Å². The Hall–Kier alpha value is -1.10. The highest BCUT2D eigenvalue weighted by atomic mass is 35.5. The molecule has 1 aromatic rings. The Kier molecular flexibility index (Phi) is 5.48. The summed E-state index contributed by atoms with van der Waals surface area (Å²) in [4.78, 5) is 14.6. The van der Waals surface area contributed by atoms with Gasteiger partial charge in [-0.1, -0.05) is 43.6 Å². The van der Waals surface area contributed by atoms with E-state index >= 15 is 0 Å². The maximum absolute atomic E-state index is 12.4. The van der Waals surface area contributed by atoms with E-state index in [2.05, 4.69) is 24.1 Å². The van der Waals surface area contributed by atoms with Gasteiger partial charge in [0, 0.05) is 30.7 Å². The fourth-order valence-corrected chi connectivity index (χ4v) is 3.09. The van der Waals surface area contributed by atoms with Crippen molar-refractivity contribution in [1.82, 2.24) is 10.2 Å². The Morgan fingerprint density at radius 2 is 2.18 bits per heavy atom. The second-order valence-electron chi connectivity index (χ2n) is 6.84. The Morgan fingerprint density at radius 3 is 2.82 bits per heavy atom. The van der Waals surface area contributed by atoms with E-state index in [1.807, 2.05) is 31.2 Å². The van der Waals surface area contributed by atoms with Crippen molar-refractivity contribution >= 4 is 17.5 Å². The van der Waals surface area contributed by atoms with Crippen molar-refractivity contribution in [3.05, 3.63) is 34.9 Å². The molecule has 1 aliphatic rings. The van der Waals surface area contributed by atoms with E-state index in [1.165, 1.54) is 0 Å². The maximum atomic E-state index is 12.4. The lowest BCUT2D eigenvalue weighted by Gasteiger charge is -2.44. The molecule has 1 fully saturated rings. The number of halogens is 1. The predicted molar refractivity (Wildman–Crippen MR) is 90.7 cm³/mol. The third kappa shape index (κ3) is 4.00. The lowest BCUT2D eigenvalue weighted by molar-refractivity contribution is -0.127. The first-order chi connectivity index (χ1) is 10.3. The molecule has 1 amide bonds. The molecule has 1 saturated heterocycles. The average Bonchev–Trinajstić information content (AvgIpc) is 2.48. The number of hydrogen-bond acceptors (Lipinski definition) is 3. The van der Waals surface area contributed by atoms with E-state index in [1.54, 1.807) is 0 Å². The lowest BCUT2D eigenvalue weighted by Crippen LogP contribution is -2.57. The summed E-state index contributed by atoms with van der Waals surface area (Å²) in [6, 6.07) is 7.61. The lowest BCUT2D eigenvalue weighted by atomic mass is 9.79. The molecule has 0 radical (unpaired) electrons. The van der Waals surface area contributed by atoms with Gasteiger partial charge in [0.05, 0.1) is 6.04 Å². The number of piperidine rings is 1. The number of hydrogen-bond donors (Lipinski definition) is 2. The number of carbonyl (C=O) groups excluding carboxylic acids is 1. The van der Waals surface area contributed by atoms with Crippen LogP contribution in [0.15, 0.2) is 24.3 Å². The van der Waals surface area contributed by atoms with Gasteiger partial charge < -0.3 is 11.1 Å². The summed E-state index contributed by atoms with van der Waals surface area (Å²) >= 11 is 6.11. The van der Waals surface area contributed by atoms with Crippen molar-refractivity contribution in [3.63, 3.8) is 0 Å². The van der Waals surface area contributed by atoms with Crippen LogP contribution >= 0.6 is 11.6 Å². The Labute approximate surface area is 138 Å². The molecule has 0 spiro atoms. The highest BCUT2D eigenvalue weighted by Crippen LogP contribution is 2.28. The molecule has 0 bridgehead atoms. The van der Waals surface area contributed by atoms with Gasteiger partial charge in [0.25, 0.3) is 0 Å². The summed E-state index contributed by atoms with van der Waals surface area (Å²) in [7, 11) is 0. The van der Waals surface area contributed by atoms with Crippen LogP contribution in [0.4, 0.5) is 0 Å². The molecule has 1 heterocycles. The van der Waals surface area contributed by atoms with Crippen molar-refractivity contribution in [2.45, 2.75) is 45.8 Å². The number of likely N-dealkylation sites (tertiary alicyclic amines) is 1. The molecule has 1 aliphatic heterocycles. The van der Waals surface area contributed by atoms with Gasteiger partial charge in [-0.2, -0.15) is 0 Å². The zero-order valence-corrected chi connectivity index (χ0v) is 14.4. The van der Waals surface area contributed by atoms with Crippen LogP contribution in [0.2, 0.25) is 5.02 Å². The highest BCUT2D eigenvalue weighted by Gasteiger charge is 2.36. The number of nitrogens with one attached hydrogen (secondary N) is 1. The molecule has 4 nitrogen and oxygen atoms in total. The van der Waals surface area contributed by atoms with E-state index in [0.29, 0.717) is 11.6 Å². The molecule has 22 heavy (non-hydrogen) atoms. The van der Waals surface area contributed by atoms with Gasteiger partial charge in [0.15, 0.2) is 0 Å². The van der Waals surface area contributed by atoms with Gasteiger partial charge in [0.1, 0.15) is 0 Å². The van der Waals surface area contributed by atoms with Crippen LogP contribution < -0.4 is 11.1 Å². The van der Waals surface area contributed by atoms with Crippen LogP contribution in [0.25, 0.3) is 0 Å². The van der Waals surface area contributed by atoms with Gasteiger partial charge in [0.2, 0.25) is 5.91 Å². The second-order valence-corrected chi connectivity index (χ2v) is 7.25. The Morgan fingerprint density at radius 1 is 1.50 bits per heavy atom. The molecule has 2 rings (SSSR count). The molecule has 0 aliphatic carbocycles. The normalized spacial score (nSPS) is 23.0. The van der Waals surface area contributed by atoms with Crippen molar-refractivity contribution in [1.29, 1.82) is 0 Å². The van der Waals surface area contributed by atoms with Gasteiger partial charge in [-0.25, -0.2) is 0 Å². The first-order valence-corrected chi connectivity index (χ1v) is 8.20. The minimum Gasteiger partial charge on any atom is -0.351 e. The summed E-state index contributed by atoms with van der Waals surface area (Å²) in [5.41, 5.74) is 7.13. The van der Waals surface area contributed by atoms with Crippen LogP contribution in [0, 0.1) is 5.41 Å². The van der Waals surface area contributed by atoms with Crippen LogP contribution in [0.1, 0.15) is 32.8 Å². The zero-order chi connectivity index (χ0) is 16.3. The number of amides is 1. The quantitative estimate of drug-likeness (QED) is 0.894. The molecule has 2 unspecified atom stereocenters. The van der Waals surface area contributed by atoms with Gasteiger partial charge in [-0.15, -0.1) is 0 Å². The molecule has 2 atom stereocenters. The summed E-state index contributed by atoms with van der Waals surface area (Å²) in [5, 5.41) is 3.66. The number of rotatable bonds is 4. The van der Waals surface area contributed by atoms with E-state index < -0.39 is 0 Å². The number of nitrogens with two attached hydrogens (primary N) is 1. The van der Waals surface area contributed by atoms with Gasteiger partial charge >= 0.3 is 0 Å². The third-order valence-electron chi connectivity index (χ3n) is 4.68. The minimum absolute atomic E-state index is 0.0335. The van der Waals surface area contributed by atoms with Crippen molar-refractivity contribution in [3.8, 4) is 0 Å². The van der Waals surface area contributed by atoms with Crippen molar-refractivity contribution in [2.75, 3.05) is 13.1 Å². The summed E-state index contributed by atoms with van der Waals surface area (Å²) in [6.07, 6.45) is 0.926. The smallest absolute Gasteiger partial charge is 0.237 e. The fraction of sp³-hybridized carbons (Fsp3) is 0.588. The molecule has 5 heteroatoms. The average molecular weight is 324 g/mol. The second kappa shape index (κ2) is 6.99. The van der Waals surface area contributed by atoms with E-state index in [-0.39, 0.29) is 23.4 Å². The van der Waals surface area contributed by atoms with Crippen molar-refractivity contribution < 1.29 is 4.79 Å². The van der Waals surface area contributed by atoms with Crippen LogP contribution in [-0.2, 0) is 11.3 Å². The number of carbonyl (C=O) groups is 1. The van der Waals surface area contributed by atoms with E-state index in [9.17, 15) is 4.79 Å². The molecular formula is C17H26ClN3O. The first kappa shape index (κ1) is 17.3. The Bertz CT molecular complexity index is 532. The maximum Gasteiger partial charge on any atom is 0.237 e. The molecule has 3 N–H and O–H groups in total. The summed E-state index contributed by atoms with van der Waals surface area (Å²) < 4.78 is 0. The molecule has 122 valence electrons. The predicted octanol–water partition coefficient (Wildman–Crippen LogP) is 2.40. The minimum atomic E-state index is -0.158. The number of nitrogens with zero attached hydrogens (tertiary/aromatic N) is 1. The molecule has 1 aromatic carbocycles. The SMILES string of the molecule is CC(C(=O)NCc1ccccc1Cl)N1CCC(N)C(C)(C)C1. The highest BCUT2D eigenvalue weighted by molar-refractivity contribution is 6.31. The van der Waals surface area contributed by atoms with Crippen molar-refractivity contribution in [2.24, 2.45) is 11.1 Å². The largest absolute Gasteiger partial charge is 0.351 e. The van der Waals surface area contributed by atoms with Gasteiger partial charge in [-0.05, 0) is 30.4 Å². The Balaban J connectivity index is 1.91. The fourth-order valence-electron chi connectivity index (χ4n) is 2.88. The molecule has 0 saturated carbocycles. The third-order valence-corrected chi connectivity index (χ3v) is 5.05. The van der Waals surface area contributed by atoms with Crippen LogP contribution in [0.3, 0.4) is 0 Å². The van der Waals surface area contributed by atoms with Gasteiger partial charge in [-0.3, -0.25) is 9.69 Å². The number of benzene rings is 1. The molecule has 0 aromatic heterocycles. The standard InChI is InChI=1S/C17H26ClN3O/c1-12(21-9-8-15(19)17(2,3)11-21)16(22)20-10-13-6-4-5-7-14(13)18/h4-7,12,15H,8-11,19H2,1-3H3,(H,20,22). The van der Waals surface area contributed by atoms with E-state index in [4.69, 9.17) is 17.3 Å². The van der Waals surface area contributed by atoms with E-state index in [0.717, 1.165) is 25.1 Å².